The van der Waals surface area contributed by atoms with Crippen LogP contribution in [-0.4, -0.2) is 19.1 Å². The maximum absolute atomic E-state index is 6.70. The Labute approximate surface area is 274 Å². The van der Waals surface area contributed by atoms with Crippen LogP contribution in [0.4, 0.5) is 0 Å². The first-order valence-corrected chi connectivity index (χ1v) is 16.1. The van der Waals surface area contributed by atoms with Gasteiger partial charge in [-0.1, -0.05) is 103 Å². The van der Waals surface area contributed by atoms with Crippen molar-refractivity contribution >= 4 is 77.0 Å². The van der Waals surface area contributed by atoms with E-state index in [0.717, 1.165) is 55.7 Å². The fraction of sp³-hybridized carbons (Fsp3) is 0. The first kappa shape index (κ1) is 26.3. The molecule has 5 heteroatoms. The van der Waals surface area contributed by atoms with Gasteiger partial charge in [0.2, 0.25) is 0 Å². The van der Waals surface area contributed by atoms with Gasteiger partial charge in [0.05, 0.1) is 33.1 Å². The van der Waals surface area contributed by atoms with Gasteiger partial charge in [-0.05, 0) is 71.4 Å². The van der Waals surface area contributed by atoms with Crippen molar-refractivity contribution in [1.82, 2.24) is 19.1 Å². The molecule has 0 bridgehead atoms. The molecule has 10 rings (SSSR count). The molecule has 0 spiro atoms. The Bertz CT molecular complexity index is 2860. The first-order chi connectivity index (χ1) is 23.2. The molecular weight excluding hydrogens is 596 g/mol. The van der Waals surface area contributed by atoms with Crippen LogP contribution in [0.1, 0.15) is 0 Å². The fourth-order valence-electron chi connectivity index (χ4n) is 7.30. The van der Waals surface area contributed by atoms with Crippen molar-refractivity contribution in [1.29, 1.82) is 0 Å². The summed E-state index contributed by atoms with van der Waals surface area (Å²) in [7, 11) is 0. The Kier molecular flexibility index (Phi) is 5.60. The van der Waals surface area contributed by atoms with E-state index in [2.05, 4.69) is 124 Å². The fourth-order valence-corrected chi connectivity index (χ4v) is 7.47. The summed E-state index contributed by atoms with van der Waals surface area (Å²) in [5, 5.41) is 7.73. The summed E-state index contributed by atoms with van der Waals surface area (Å²) < 4.78 is 4.58. The number of hydrogen-bond donors (Lipinski definition) is 0. The maximum Gasteiger partial charge on any atom is 0.165 e. The summed E-state index contributed by atoms with van der Waals surface area (Å²) in [6.07, 6.45) is 0. The predicted octanol–water partition coefficient (Wildman–Crippen LogP) is 11.3. The number of aromatic nitrogens is 4. The van der Waals surface area contributed by atoms with Crippen LogP contribution in [0.15, 0.2) is 152 Å². The molecule has 7 aromatic carbocycles. The van der Waals surface area contributed by atoms with E-state index < -0.39 is 0 Å². The quantitative estimate of drug-likeness (QED) is 0.197. The van der Waals surface area contributed by atoms with Gasteiger partial charge in [-0.3, -0.25) is 4.57 Å². The minimum Gasteiger partial charge on any atom is -0.309 e. The predicted molar refractivity (Wildman–Crippen MR) is 196 cm³/mol. The van der Waals surface area contributed by atoms with Crippen LogP contribution >= 0.6 is 11.6 Å². The average molecular weight is 621 g/mol. The van der Waals surface area contributed by atoms with Crippen molar-refractivity contribution in [2.24, 2.45) is 0 Å². The first-order valence-electron chi connectivity index (χ1n) is 15.7. The van der Waals surface area contributed by atoms with Gasteiger partial charge in [0, 0.05) is 37.8 Å². The van der Waals surface area contributed by atoms with Gasteiger partial charge in [0.25, 0.3) is 0 Å². The normalized spacial score (nSPS) is 11.9. The monoisotopic (exact) mass is 620 g/mol. The third kappa shape index (κ3) is 3.89. The minimum absolute atomic E-state index is 0.677. The zero-order valence-electron chi connectivity index (χ0n) is 25.1. The molecule has 0 saturated heterocycles. The van der Waals surface area contributed by atoms with Gasteiger partial charge in [-0.2, -0.15) is 0 Å². The van der Waals surface area contributed by atoms with Gasteiger partial charge in [0.1, 0.15) is 5.69 Å². The van der Waals surface area contributed by atoms with E-state index in [0.29, 0.717) is 5.02 Å². The van der Waals surface area contributed by atoms with Crippen molar-refractivity contribution < 1.29 is 0 Å². The Hall–Kier alpha value is -5.97. The molecule has 0 radical (unpaired) electrons. The van der Waals surface area contributed by atoms with Crippen molar-refractivity contribution in [3.05, 3.63) is 157 Å². The number of halogens is 1. The zero-order chi connectivity index (χ0) is 31.1. The van der Waals surface area contributed by atoms with Crippen LogP contribution in [0, 0.1) is 0 Å². The van der Waals surface area contributed by atoms with E-state index in [4.69, 9.17) is 21.6 Å². The Balaban J connectivity index is 1.32. The minimum atomic E-state index is 0.677. The van der Waals surface area contributed by atoms with Crippen LogP contribution < -0.4 is 0 Å². The molecule has 0 atom stereocenters. The number of hydrogen-bond acceptors (Lipinski definition) is 2. The maximum atomic E-state index is 6.70. The van der Waals surface area contributed by atoms with Crippen LogP contribution in [0.5, 0.6) is 0 Å². The lowest BCUT2D eigenvalue weighted by atomic mass is 10.0. The van der Waals surface area contributed by atoms with Crippen LogP contribution in [0.3, 0.4) is 0 Å². The second kappa shape index (κ2) is 10.0. The number of rotatable bonds is 3. The smallest absolute Gasteiger partial charge is 0.165 e. The number of benzene rings is 7. The van der Waals surface area contributed by atoms with Gasteiger partial charge < -0.3 is 4.57 Å². The topological polar surface area (TPSA) is 35.6 Å². The number of nitrogens with zero attached hydrogens (tertiary/aromatic N) is 4. The van der Waals surface area contributed by atoms with Gasteiger partial charge >= 0.3 is 0 Å². The van der Waals surface area contributed by atoms with Gasteiger partial charge in [-0.15, -0.1) is 0 Å². The molecule has 0 N–H and O–H groups in total. The highest BCUT2D eigenvalue weighted by atomic mass is 35.5. The Morgan fingerprint density at radius 2 is 1.15 bits per heavy atom. The molecule has 0 unspecified atom stereocenters. The average Bonchev–Trinajstić information content (AvgIpc) is 3.63. The molecule has 4 nitrogen and oxygen atoms in total. The third-order valence-corrected chi connectivity index (χ3v) is 9.58. The molecule has 0 amide bonds. The highest BCUT2D eigenvalue weighted by Gasteiger charge is 2.22. The molecular formula is C42H25ClN4. The standard InChI is InChI=1S/C42H25ClN4/c43-28-20-21-32-39(25-28)47(38-23-18-26-10-4-5-13-30(26)40(32)38)42-41(44-34-15-7-8-16-35(34)45-42)27-19-22-37-33(24-27)31-14-6-9-17-36(31)46(37)29-11-2-1-3-12-29/h1-25H. The summed E-state index contributed by atoms with van der Waals surface area (Å²) in [4.78, 5) is 10.7. The van der Waals surface area contributed by atoms with Gasteiger partial charge in [-0.25, -0.2) is 9.97 Å². The second-order valence-corrected chi connectivity index (χ2v) is 12.4. The van der Waals surface area contributed by atoms with E-state index in [1.165, 1.54) is 32.4 Å². The van der Waals surface area contributed by atoms with Crippen LogP contribution in [-0.2, 0) is 0 Å². The third-order valence-electron chi connectivity index (χ3n) is 9.34. The Morgan fingerprint density at radius 1 is 0.447 bits per heavy atom. The van der Waals surface area contributed by atoms with E-state index in [1.54, 1.807) is 0 Å². The molecule has 3 aromatic heterocycles. The molecule has 0 aliphatic rings. The summed E-state index contributed by atoms with van der Waals surface area (Å²) >= 11 is 6.70. The van der Waals surface area contributed by atoms with Gasteiger partial charge in [0.15, 0.2) is 5.82 Å². The molecule has 0 aliphatic carbocycles. The van der Waals surface area contributed by atoms with Crippen molar-refractivity contribution in [2.75, 3.05) is 0 Å². The number of para-hydroxylation sites is 4. The summed E-state index contributed by atoms with van der Waals surface area (Å²) in [6, 6.07) is 53.0. The molecule has 0 aliphatic heterocycles. The van der Waals surface area contributed by atoms with Crippen molar-refractivity contribution in [2.45, 2.75) is 0 Å². The lowest BCUT2D eigenvalue weighted by molar-refractivity contribution is 1.08. The molecule has 3 heterocycles. The van der Waals surface area contributed by atoms with Crippen LogP contribution in [0.25, 0.3) is 88.2 Å². The highest BCUT2D eigenvalue weighted by Crippen LogP contribution is 2.41. The molecule has 0 saturated carbocycles. The van der Waals surface area contributed by atoms with E-state index in [-0.39, 0.29) is 0 Å². The van der Waals surface area contributed by atoms with E-state index in [9.17, 15) is 0 Å². The summed E-state index contributed by atoms with van der Waals surface area (Å²) in [5.74, 6) is 0.771. The molecule has 220 valence electrons. The summed E-state index contributed by atoms with van der Waals surface area (Å²) in [5.41, 5.74) is 9.00. The van der Waals surface area contributed by atoms with Crippen molar-refractivity contribution in [3.8, 4) is 22.8 Å². The zero-order valence-corrected chi connectivity index (χ0v) is 25.9. The van der Waals surface area contributed by atoms with Crippen molar-refractivity contribution in [3.63, 3.8) is 0 Å². The SMILES string of the molecule is Clc1ccc2c3c4ccccc4ccc3n(-c3nc4ccccc4nc3-c3ccc4c(c3)c3ccccc3n4-c3ccccc3)c2c1. The molecule has 10 aromatic rings. The van der Waals surface area contributed by atoms with Crippen LogP contribution in [0.2, 0.25) is 5.02 Å². The van der Waals surface area contributed by atoms with E-state index in [1.807, 2.05) is 36.4 Å². The number of fused-ring (bicyclic) bond motifs is 9. The highest BCUT2D eigenvalue weighted by molar-refractivity contribution is 6.32. The molecule has 47 heavy (non-hydrogen) atoms. The lowest BCUT2D eigenvalue weighted by Crippen LogP contribution is -2.03. The summed E-state index contributed by atoms with van der Waals surface area (Å²) in [6.45, 7) is 0. The largest absolute Gasteiger partial charge is 0.309 e. The Morgan fingerprint density at radius 3 is 2.02 bits per heavy atom. The second-order valence-electron chi connectivity index (χ2n) is 12.0. The molecule has 0 fully saturated rings. The van der Waals surface area contributed by atoms with E-state index >= 15 is 0 Å². The lowest BCUT2D eigenvalue weighted by Gasteiger charge is -2.14.